The van der Waals surface area contributed by atoms with Crippen molar-refractivity contribution in [1.29, 1.82) is 0 Å². The molecule has 3 rings (SSSR count). The summed E-state index contributed by atoms with van der Waals surface area (Å²) in [5, 5.41) is 8.39. The van der Waals surface area contributed by atoms with Gasteiger partial charge in [-0.25, -0.2) is 22.0 Å². The number of rotatable bonds is 6. The van der Waals surface area contributed by atoms with E-state index in [1.807, 2.05) is 18.2 Å². The van der Waals surface area contributed by atoms with Crippen molar-refractivity contribution in [2.24, 2.45) is 5.14 Å². The van der Waals surface area contributed by atoms with E-state index in [9.17, 15) is 16.8 Å². The molecule has 2 aromatic carbocycles. The van der Waals surface area contributed by atoms with E-state index in [1.54, 1.807) is 0 Å². The Morgan fingerprint density at radius 1 is 1.04 bits per heavy atom. The maximum Gasteiger partial charge on any atom is 0.238 e. The topological polar surface area (TPSA) is 116 Å². The van der Waals surface area contributed by atoms with E-state index in [-0.39, 0.29) is 15.2 Å². The van der Waals surface area contributed by atoms with Crippen LogP contribution in [0, 0.1) is 0 Å². The van der Waals surface area contributed by atoms with Gasteiger partial charge in [-0.2, -0.15) is 0 Å². The summed E-state index contributed by atoms with van der Waals surface area (Å²) in [5.41, 5.74) is 1.32. The molecule has 7 nitrogen and oxygen atoms in total. The number of nitrogens with two attached hydrogens (primary N) is 1. The highest BCUT2D eigenvalue weighted by Gasteiger charge is 2.34. The van der Waals surface area contributed by atoms with Crippen molar-refractivity contribution < 1.29 is 21.6 Å². The van der Waals surface area contributed by atoms with Gasteiger partial charge in [0.15, 0.2) is 9.84 Å². The van der Waals surface area contributed by atoms with Crippen molar-refractivity contribution in [3.63, 3.8) is 0 Å². The molecule has 1 saturated heterocycles. The van der Waals surface area contributed by atoms with E-state index in [0.717, 1.165) is 30.7 Å². The van der Waals surface area contributed by atoms with Gasteiger partial charge in [0.05, 0.1) is 15.5 Å². The molecule has 0 unspecified atom stereocenters. The van der Waals surface area contributed by atoms with E-state index < -0.39 is 19.9 Å². The monoisotopic (exact) mass is 424 g/mol. The number of nitrogens with one attached hydrogen (secondary N) is 1. The molecule has 0 spiro atoms. The average Bonchev–Trinajstić information content (AvgIpc) is 2.66. The number of sulfonamides is 1. The van der Waals surface area contributed by atoms with Crippen LogP contribution < -0.4 is 10.5 Å². The first-order valence-corrected chi connectivity index (χ1v) is 12.3. The highest BCUT2D eigenvalue weighted by atomic mass is 32.2. The molecule has 0 bridgehead atoms. The largest absolute Gasteiger partial charge is 0.383 e. The van der Waals surface area contributed by atoms with Crippen molar-refractivity contribution in [3.05, 3.63) is 54.1 Å². The maximum atomic E-state index is 12.2. The molecule has 3 N–H and O–H groups in total. The maximum absolute atomic E-state index is 12.2. The SMILES string of the molecule is CS(=O)(=O)c1cc(S(N)(=O)=O)ccc1NCC1(c2ccccc2)CCOCC1. The lowest BCUT2D eigenvalue weighted by atomic mass is 9.74. The summed E-state index contributed by atoms with van der Waals surface area (Å²) in [7, 11) is -7.66. The van der Waals surface area contributed by atoms with Crippen LogP contribution in [-0.2, 0) is 30.0 Å². The lowest BCUT2D eigenvalue weighted by Gasteiger charge is -2.38. The van der Waals surface area contributed by atoms with E-state index in [4.69, 9.17) is 9.88 Å². The predicted octanol–water partition coefficient (Wildman–Crippen LogP) is 1.90. The summed E-state index contributed by atoms with van der Waals surface area (Å²) in [4.78, 5) is -0.323. The van der Waals surface area contributed by atoms with Gasteiger partial charge in [-0.15, -0.1) is 0 Å². The average molecular weight is 425 g/mol. The van der Waals surface area contributed by atoms with Crippen LogP contribution in [0.25, 0.3) is 0 Å². The first-order chi connectivity index (χ1) is 13.1. The molecule has 28 heavy (non-hydrogen) atoms. The summed E-state index contributed by atoms with van der Waals surface area (Å²) in [5.74, 6) is 0. The van der Waals surface area contributed by atoms with E-state index in [2.05, 4.69) is 17.4 Å². The fourth-order valence-corrected chi connectivity index (χ4v) is 5.01. The summed E-state index contributed by atoms with van der Waals surface area (Å²) in [6, 6.07) is 13.9. The Balaban J connectivity index is 1.96. The summed E-state index contributed by atoms with van der Waals surface area (Å²) >= 11 is 0. The highest BCUT2D eigenvalue weighted by Crippen LogP contribution is 2.36. The van der Waals surface area contributed by atoms with Gasteiger partial charge in [0.2, 0.25) is 10.0 Å². The molecule has 0 aliphatic carbocycles. The van der Waals surface area contributed by atoms with Gasteiger partial charge in [-0.1, -0.05) is 30.3 Å². The quantitative estimate of drug-likeness (QED) is 0.732. The van der Waals surface area contributed by atoms with Crippen LogP contribution >= 0.6 is 0 Å². The molecule has 0 saturated carbocycles. The Labute approximate surface area is 165 Å². The Hall–Kier alpha value is -1.94. The van der Waals surface area contributed by atoms with Crippen LogP contribution in [0.2, 0.25) is 0 Å². The molecular weight excluding hydrogens is 400 g/mol. The van der Waals surface area contributed by atoms with Gasteiger partial charge < -0.3 is 10.1 Å². The molecule has 1 heterocycles. The minimum absolute atomic E-state index is 0.0886. The van der Waals surface area contributed by atoms with Gasteiger partial charge in [0.1, 0.15) is 0 Å². The first-order valence-electron chi connectivity index (χ1n) is 8.86. The van der Waals surface area contributed by atoms with Gasteiger partial charge in [0.25, 0.3) is 0 Å². The third-order valence-corrected chi connectivity index (χ3v) is 7.18. The third-order valence-electron chi connectivity index (χ3n) is 5.13. The minimum atomic E-state index is -4.00. The molecule has 0 aromatic heterocycles. The summed E-state index contributed by atoms with van der Waals surface area (Å²) in [6.07, 6.45) is 2.64. The number of benzene rings is 2. The summed E-state index contributed by atoms with van der Waals surface area (Å²) in [6.45, 7) is 1.75. The molecule has 1 fully saturated rings. The Morgan fingerprint density at radius 2 is 1.68 bits per heavy atom. The Bertz CT molecular complexity index is 1040. The predicted molar refractivity (Wildman–Crippen MR) is 108 cm³/mol. The number of hydrogen-bond donors (Lipinski definition) is 2. The van der Waals surface area contributed by atoms with Crippen LogP contribution in [0.15, 0.2) is 58.3 Å². The van der Waals surface area contributed by atoms with E-state index in [0.29, 0.717) is 25.4 Å². The number of sulfone groups is 1. The second-order valence-electron chi connectivity index (χ2n) is 7.09. The van der Waals surface area contributed by atoms with E-state index >= 15 is 0 Å². The Kier molecular flexibility index (Phi) is 5.81. The van der Waals surface area contributed by atoms with Crippen molar-refractivity contribution in [1.82, 2.24) is 0 Å². The molecule has 1 aliphatic heterocycles. The fraction of sp³-hybridized carbons (Fsp3) is 0.368. The van der Waals surface area contributed by atoms with Crippen molar-refractivity contribution in [2.45, 2.75) is 28.0 Å². The molecule has 1 aliphatic rings. The van der Waals surface area contributed by atoms with Gasteiger partial charge in [-0.3, -0.25) is 0 Å². The standard InChI is InChI=1S/C19H24N2O5S2/c1-27(22,23)18-13-16(28(20,24)25)7-8-17(18)21-14-19(9-11-26-12-10-19)15-5-3-2-4-6-15/h2-8,13,21H,9-12,14H2,1H3,(H2,20,24,25). The second kappa shape index (κ2) is 7.82. The molecule has 0 atom stereocenters. The molecule has 0 amide bonds. The lowest BCUT2D eigenvalue weighted by Crippen LogP contribution is -2.40. The minimum Gasteiger partial charge on any atom is -0.383 e. The normalized spacial score (nSPS) is 17.2. The lowest BCUT2D eigenvalue weighted by molar-refractivity contribution is 0.0544. The van der Waals surface area contributed by atoms with Crippen molar-refractivity contribution >= 4 is 25.5 Å². The Morgan fingerprint density at radius 3 is 2.25 bits per heavy atom. The zero-order chi connectivity index (χ0) is 20.4. The molecule has 2 aromatic rings. The van der Waals surface area contributed by atoms with Crippen LogP contribution in [0.3, 0.4) is 0 Å². The van der Waals surface area contributed by atoms with Crippen LogP contribution in [0.1, 0.15) is 18.4 Å². The van der Waals surface area contributed by atoms with Crippen molar-refractivity contribution in [3.8, 4) is 0 Å². The molecule has 0 radical (unpaired) electrons. The fourth-order valence-electron chi connectivity index (χ4n) is 3.52. The molecular formula is C19H24N2O5S2. The van der Waals surface area contributed by atoms with Crippen molar-refractivity contribution in [2.75, 3.05) is 31.3 Å². The van der Waals surface area contributed by atoms with Gasteiger partial charge >= 0.3 is 0 Å². The van der Waals surface area contributed by atoms with Gasteiger partial charge in [0, 0.05) is 31.4 Å². The van der Waals surface area contributed by atoms with Crippen LogP contribution in [-0.4, -0.2) is 42.8 Å². The van der Waals surface area contributed by atoms with Crippen LogP contribution in [0.4, 0.5) is 5.69 Å². The van der Waals surface area contributed by atoms with Crippen LogP contribution in [0.5, 0.6) is 0 Å². The highest BCUT2D eigenvalue weighted by molar-refractivity contribution is 7.91. The smallest absolute Gasteiger partial charge is 0.238 e. The third kappa shape index (κ3) is 4.54. The summed E-state index contributed by atoms with van der Waals surface area (Å²) < 4.78 is 53.2. The number of ether oxygens (including phenoxy) is 1. The zero-order valence-corrected chi connectivity index (χ0v) is 17.2. The first kappa shape index (κ1) is 20.8. The second-order valence-corrected chi connectivity index (χ2v) is 10.6. The number of anilines is 1. The van der Waals surface area contributed by atoms with Gasteiger partial charge in [-0.05, 0) is 36.6 Å². The number of hydrogen-bond acceptors (Lipinski definition) is 6. The van der Waals surface area contributed by atoms with E-state index in [1.165, 1.54) is 12.1 Å². The molecule has 9 heteroatoms. The zero-order valence-electron chi connectivity index (χ0n) is 15.6. The molecule has 152 valence electrons. The number of primary sulfonamides is 1.